The average molecular weight is 355 g/mol. The van der Waals surface area contributed by atoms with Crippen LogP contribution in [0.15, 0.2) is 42.5 Å². The van der Waals surface area contributed by atoms with Crippen molar-refractivity contribution in [1.29, 1.82) is 0 Å². The van der Waals surface area contributed by atoms with Crippen LogP contribution in [0.25, 0.3) is 0 Å². The van der Waals surface area contributed by atoms with Gasteiger partial charge in [-0.1, -0.05) is 24.3 Å². The third-order valence-electron chi connectivity index (χ3n) is 5.08. The number of nitrogens with one attached hydrogen (secondary N) is 1. The normalized spacial score (nSPS) is 14.4. The molecule has 138 valence electrons. The highest BCUT2D eigenvalue weighted by atomic mass is 19.1. The number of para-hydroxylation sites is 1. The van der Waals surface area contributed by atoms with E-state index in [9.17, 15) is 9.18 Å². The Morgan fingerprint density at radius 2 is 1.77 bits per heavy atom. The first-order valence-electron chi connectivity index (χ1n) is 9.13. The van der Waals surface area contributed by atoms with E-state index in [-0.39, 0.29) is 11.7 Å². The Kier molecular flexibility index (Phi) is 5.76. The molecule has 0 spiro atoms. The highest BCUT2D eigenvalue weighted by Gasteiger charge is 2.22. The summed E-state index contributed by atoms with van der Waals surface area (Å²) in [5.74, 6) is -0.170. The molecular weight excluding hydrogens is 329 g/mol. The molecule has 2 aromatic carbocycles. The first-order chi connectivity index (χ1) is 12.6. The third-order valence-corrected chi connectivity index (χ3v) is 5.08. The number of anilines is 2. The van der Waals surface area contributed by atoms with Gasteiger partial charge in [-0.15, -0.1) is 0 Å². The molecule has 0 aliphatic carbocycles. The second-order valence-electron chi connectivity index (χ2n) is 6.74. The van der Waals surface area contributed by atoms with Crippen LogP contribution in [0.1, 0.15) is 17.5 Å². The highest BCUT2D eigenvalue weighted by molar-refractivity contribution is 5.77. The van der Waals surface area contributed by atoms with Gasteiger partial charge in [0.15, 0.2) is 0 Å². The standard InChI is InChI=1S/C21H26FN3O/c1-16-6-5-9-20(17(16)2)24-12-14-25(15-13-24)21(26)10-11-23-19-8-4-3-7-18(19)22/h3-9,23H,10-15H2,1-2H3. The van der Waals surface area contributed by atoms with Crippen molar-refractivity contribution >= 4 is 17.3 Å². The zero-order valence-corrected chi connectivity index (χ0v) is 15.5. The van der Waals surface area contributed by atoms with Crippen LogP contribution < -0.4 is 10.2 Å². The maximum absolute atomic E-state index is 13.6. The number of rotatable bonds is 5. The molecule has 5 heteroatoms. The zero-order chi connectivity index (χ0) is 18.5. The molecule has 1 aliphatic heterocycles. The molecule has 1 N–H and O–H groups in total. The van der Waals surface area contributed by atoms with Gasteiger partial charge in [0.1, 0.15) is 5.82 Å². The van der Waals surface area contributed by atoms with Gasteiger partial charge in [-0.25, -0.2) is 4.39 Å². The number of carbonyl (C=O) groups excluding carboxylic acids is 1. The van der Waals surface area contributed by atoms with Gasteiger partial charge in [0.05, 0.1) is 5.69 Å². The molecule has 0 unspecified atom stereocenters. The maximum Gasteiger partial charge on any atom is 0.224 e. The molecule has 0 atom stereocenters. The minimum Gasteiger partial charge on any atom is -0.382 e. The third kappa shape index (κ3) is 4.15. The summed E-state index contributed by atoms with van der Waals surface area (Å²) in [7, 11) is 0. The molecule has 0 aromatic heterocycles. The van der Waals surface area contributed by atoms with Gasteiger partial charge in [0.2, 0.25) is 5.91 Å². The Morgan fingerprint density at radius 3 is 2.50 bits per heavy atom. The number of carbonyl (C=O) groups is 1. The summed E-state index contributed by atoms with van der Waals surface area (Å²) in [6.45, 7) is 7.86. The number of benzene rings is 2. The topological polar surface area (TPSA) is 35.6 Å². The van der Waals surface area contributed by atoms with Crippen LogP contribution in [0.3, 0.4) is 0 Å². The van der Waals surface area contributed by atoms with E-state index >= 15 is 0 Å². The van der Waals surface area contributed by atoms with E-state index in [2.05, 4.69) is 42.3 Å². The van der Waals surface area contributed by atoms with Gasteiger partial charge >= 0.3 is 0 Å². The number of halogens is 1. The van der Waals surface area contributed by atoms with Crippen molar-refractivity contribution in [2.45, 2.75) is 20.3 Å². The number of hydrogen-bond donors (Lipinski definition) is 1. The quantitative estimate of drug-likeness (QED) is 0.890. The van der Waals surface area contributed by atoms with E-state index in [1.165, 1.54) is 22.9 Å². The van der Waals surface area contributed by atoms with Crippen LogP contribution >= 0.6 is 0 Å². The van der Waals surface area contributed by atoms with Crippen molar-refractivity contribution in [3.63, 3.8) is 0 Å². The Labute approximate surface area is 154 Å². The molecule has 0 radical (unpaired) electrons. The second kappa shape index (κ2) is 8.21. The van der Waals surface area contributed by atoms with Gasteiger partial charge in [-0.05, 0) is 43.2 Å². The number of amides is 1. The first-order valence-corrected chi connectivity index (χ1v) is 9.13. The lowest BCUT2D eigenvalue weighted by Crippen LogP contribution is -2.49. The smallest absolute Gasteiger partial charge is 0.224 e. The van der Waals surface area contributed by atoms with Crippen LogP contribution in [0.4, 0.5) is 15.8 Å². The summed E-state index contributed by atoms with van der Waals surface area (Å²) >= 11 is 0. The summed E-state index contributed by atoms with van der Waals surface area (Å²) in [5.41, 5.74) is 4.31. The Balaban J connectivity index is 1.48. The minimum atomic E-state index is -0.290. The van der Waals surface area contributed by atoms with E-state index in [4.69, 9.17) is 0 Å². The molecule has 1 fully saturated rings. The fraction of sp³-hybridized carbons (Fsp3) is 0.381. The molecule has 1 heterocycles. The number of piperazine rings is 1. The molecule has 26 heavy (non-hydrogen) atoms. The van der Waals surface area contributed by atoms with Crippen LogP contribution in [0, 0.1) is 19.7 Å². The van der Waals surface area contributed by atoms with Crippen molar-refractivity contribution < 1.29 is 9.18 Å². The largest absolute Gasteiger partial charge is 0.382 e. The summed E-state index contributed by atoms with van der Waals surface area (Å²) < 4.78 is 13.6. The van der Waals surface area contributed by atoms with Crippen molar-refractivity contribution in [3.8, 4) is 0 Å². The van der Waals surface area contributed by atoms with E-state index in [0.29, 0.717) is 18.7 Å². The predicted octanol–water partition coefficient (Wildman–Crippen LogP) is 3.59. The van der Waals surface area contributed by atoms with Crippen LogP contribution in [-0.4, -0.2) is 43.5 Å². The predicted molar refractivity (Wildman–Crippen MR) is 104 cm³/mol. The van der Waals surface area contributed by atoms with Crippen LogP contribution in [-0.2, 0) is 4.79 Å². The molecule has 2 aromatic rings. The molecule has 0 saturated carbocycles. The van der Waals surface area contributed by atoms with E-state index in [1.54, 1.807) is 18.2 Å². The Morgan fingerprint density at radius 1 is 1.04 bits per heavy atom. The van der Waals surface area contributed by atoms with Gasteiger partial charge in [-0.2, -0.15) is 0 Å². The van der Waals surface area contributed by atoms with Gasteiger partial charge in [0, 0.05) is 44.8 Å². The monoisotopic (exact) mass is 355 g/mol. The SMILES string of the molecule is Cc1cccc(N2CCN(C(=O)CCNc3ccccc3F)CC2)c1C. The van der Waals surface area contributed by atoms with Crippen molar-refractivity contribution in [2.75, 3.05) is 42.9 Å². The fourth-order valence-electron chi connectivity index (χ4n) is 3.34. The molecule has 1 amide bonds. The van der Waals surface area contributed by atoms with E-state index in [0.717, 1.165) is 26.2 Å². The fourth-order valence-corrected chi connectivity index (χ4v) is 3.34. The summed E-state index contributed by atoms with van der Waals surface area (Å²) in [4.78, 5) is 16.7. The van der Waals surface area contributed by atoms with Crippen molar-refractivity contribution in [2.24, 2.45) is 0 Å². The van der Waals surface area contributed by atoms with Crippen molar-refractivity contribution in [1.82, 2.24) is 4.90 Å². The van der Waals surface area contributed by atoms with Gasteiger partial charge in [-0.3, -0.25) is 4.79 Å². The van der Waals surface area contributed by atoms with Gasteiger partial charge < -0.3 is 15.1 Å². The number of aryl methyl sites for hydroxylation is 1. The van der Waals surface area contributed by atoms with Crippen LogP contribution in [0.2, 0.25) is 0 Å². The Bertz CT molecular complexity index is 770. The van der Waals surface area contributed by atoms with E-state index in [1.807, 2.05) is 4.90 Å². The molecule has 1 aliphatic rings. The second-order valence-corrected chi connectivity index (χ2v) is 6.74. The summed E-state index contributed by atoms with van der Waals surface area (Å²) in [5, 5.41) is 3.00. The average Bonchev–Trinajstić information content (AvgIpc) is 2.65. The maximum atomic E-state index is 13.6. The Hall–Kier alpha value is -2.56. The van der Waals surface area contributed by atoms with Gasteiger partial charge in [0.25, 0.3) is 0 Å². The molecule has 3 rings (SSSR count). The molecule has 0 bridgehead atoms. The molecule has 1 saturated heterocycles. The lowest BCUT2D eigenvalue weighted by molar-refractivity contribution is -0.131. The zero-order valence-electron chi connectivity index (χ0n) is 15.5. The first kappa shape index (κ1) is 18.2. The lowest BCUT2D eigenvalue weighted by atomic mass is 10.1. The number of hydrogen-bond acceptors (Lipinski definition) is 3. The minimum absolute atomic E-state index is 0.120. The van der Waals surface area contributed by atoms with Crippen molar-refractivity contribution in [3.05, 3.63) is 59.4 Å². The van der Waals surface area contributed by atoms with E-state index < -0.39 is 0 Å². The number of nitrogens with zero attached hydrogens (tertiary/aromatic N) is 2. The summed E-state index contributed by atoms with van der Waals surface area (Å²) in [6.07, 6.45) is 0.373. The summed E-state index contributed by atoms with van der Waals surface area (Å²) in [6, 6.07) is 12.9. The molecular formula is C21H26FN3O. The lowest BCUT2D eigenvalue weighted by Gasteiger charge is -2.37. The van der Waals surface area contributed by atoms with Crippen LogP contribution in [0.5, 0.6) is 0 Å². The molecule has 4 nitrogen and oxygen atoms in total. The highest BCUT2D eigenvalue weighted by Crippen LogP contribution is 2.24.